The minimum absolute atomic E-state index is 0.199. The molecule has 26 heavy (non-hydrogen) atoms. The summed E-state index contributed by atoms with van der Waals surface area (Å²) >= 11 is 0. The second-order valence-electron chi connectivity index (χ2n) is 6.17. The second-order valence-corrected chi connectivity index (χ2v) is 6.17. The molecule has 9 heteroatoms. The third kappa shape index (κ3) is 2.48. The Morgan fingerprint density at radius 1 is 1.12 bits per heavy atom. The SMILES string of the molecule is O=c1n(Cc2ccc3c(c2)OCO3)nc2c(N3CCOCC3)nccn12. The molecule has 2 aliphatic heterocycles. The number of aromatic nitrogens is 4. The number of ether oxygens (including phenoxy) is 3. The molecule has 0 spiro atoms. The first kappa shape index (κ1) is 15.2. The Labute approximate surface area is 148 Å². The second kappa shape index (κ2) is 6.03. The molecule has 0 N–H and O–H groups in total. The molecule has 2 aliphatic rings. The van der Waals surface area contributed by atoms with Crippen LogP contribution in [0.25, 0.3) is 5.65 Å². The quantitative estimate of drug-likeness (QED) is 0.677. The standard InChI is InChI=1S/C17H17N5O4/c23-17-21-4-3-18-15(20-5-7-24-8-6-20)16(21)19-22(17)10-12-1-2-13-14(9-12)26-11-25-13/h1-4,9H,5-8,10-11H2. The van der Waals surface area contributed by atoms with Crippen molar-refractivity contribution in [3.63, 3.8) is 0 Å². The summed E-state index contributed by atoms with van der Waals surface area (Å²) in [4.78, 5) is 19.3. The lowest BCUT2D eigenvalue weighted by Crippen LogP contribution is -2.37. The maximum atomic E-state index is 12.7. The maximum absolute atomic E-state index is 12.7. The number of hydrogen-bond donors (Lipinski definition) is 0. The molecule has 2 aromatic heterocycles. The average molecular weight is 355 g/mol. The van der Waals surface area contributed by atoms with E-state index in [-0.39, 0.29) is 12.5 Å². The van der Waals surface area contributed by atoms with Gasteiger partial charge in [0.1, 0.15) is 0 Å². The highest BCUT2D eigenvalue weighted by Crippen LogP contribution is 2.32. The molecule has 1 saturated heterocycles. The summed E-state index contributed by atoms with van der Waals surface area (Å²) in [5, 5.41) is 4.53. The van der Waals surface area contributed by atoms with Gasteiger partial charge in [0.05, 0.1) is 19.8 Å². The predicted octanol–water partition coefficient (Wildman–Crippen LogP) is 0.505. The number of nitrogens with zero attached hydrogens (tertiary/aromatic N) is 5. The summed E-state index contributed by atoms with van der Waals surface area (Å²) in [5.41, 5.74) is 1.27. The zero-order valence-corrected chi connectivity index (χ0v) is 14.0. The Balaban J connectivity index is 1.52. The highest BCUT2D eigenvalue weighted by Gasteiger charge is 2.20. The lowest BCUT2D eigenvalue weighted by Gasteiger charge is -2.27. The Kier molecular flexibility index (Phi) is 3.52. The number of morpholine rings is 1. The van der Waals surface area contributed by atoms with Crippen molar-refractivity contribution in [3.8, 4) is 11.5 Å². The largest absolute Gasteiger partial charge is 0.454 e. The number of hydrogen-bond acceptors (Lipinski definition) is 7. The van der Waals surface area contributed by atoms with Crippen LogP contribution < -0.4 is 20.1 Å². The molecule has 0 amide bonds. The number of fused-ring (bicyclic) bond motifs is 2. The zero-order chi connectivity index (χ0) is 17.5. The van der Waals surface area contributed by atoms with Crippen molar-refractivity contribution < 1.29 is 14.2 Å². The molecule has 9 nitrogen and oxygen atoms in total. The summed E-state index contributed by atoms with van der Waals surface area (Å²) in [6.45, 7) is 3.32. The Morgan fingerprint density at radius 3 is 2.85 bits per heavy atom. The predicted molar refractivity (Wildman–Crippen MR) is 91.9 cm³/mol. The minimum atomic E-state index is -0.199. The van der Waals surface area contributed by atoms with Crippen molar-refractivity contribution in [2.75, 3.05) is 38.0 Å². The topological polar surface area (TPSA) is 83.1 Å². The number of anilines is 1. The van der Waals surface area contributed by atoms with Gasteiger partial charge in [0.2, 0.25) is 12.4 Å². The van der Waals surface area contributed by atoms with E-state index >= 15 is 0 Å². The molecule has 1 aromatic carbocycles. The van der Waals surface area contributed by atoms with Gasteiger partial charge in [-0.25, -0.2) is 18.9 Å². The van der Waals surface area contributed by atoms with Crippen molar-refractivity contribution in [2.24, 2.45) is 0 Å². The number of benzene rings is 1. The molecule has 0 radical (unpaired) electrons. The fraction of sp³-hybridized carbons (Fsp3) is 0.353. The molecule has 134 valence electrons. The van der Waals surface area contributed by atoms with Crippen molar-refractivity contribution in [2.45, 2.75) is 6.54 Å². The molecular formula is C17H17N5O4. The van der Waals surface area contributed by atoms with Gasteiger partial charge in [-0.05, 0) is 17.7 Å². The van der Waals surface area contributed by atoms with E-state index in [0.29, 0.717) is 37.0 Å². The fourth-order valence-electron chi connectivity index (χ4n) is 3.25. The van der Waals surface area contributed by atoms with Gasteiger partial charge in [-0.3, -0.25) is 0 Å². The molecule has 5 rings (SSSR count). The van der Waals surface area contributed by atoms with E-state index in [1.54, 1.807) is 12.4 Å². The van der Waals surface area contributed by atoms with Crippen LogP contribution in [0.15, 0.2) is 35.4 Å². The van der Waals surface area contributed by atoms with Crippen LogP contribution in [0.3, 0.4) is 0 Å². The van der Waals surface area contributed by atoms with Crippen LogP contribution >= 0.6 is 0 Å². The van der Waals surface area contributed by atoms with E-state index < -0.39 is 0 Å². The molecule has 0 atom stereocenters. The molecule has 0 bridgehead atoms. The van der Waals surface area contributed by atoms with Crippen molar-refractivity contribution in [1.29, 1.82) is 0 Å². The first-order chi connectivity index (χ1) is 12.8. The lowest BCUT2D eigenvalue weighted by molar-refractivity contribution is 0.122. The van der Waals surface area contributed by atoms with Crippen molar-refractivity contribution in [1.82, 2.24) is 19.2 Å². The minimum Gasteiger partial charge on any atom is -0.454 e. The maximum Gasteiger partial charge on any atom is 0.350 e. The van der Waals surface area contributed by atoms with Gasteiger partial charge in [0.25, 0.3) is 0 Å². The Hall–Kier alpha value is -3.07. The van der Waals surface area contributed by atoms with Gasteiger partial charge in [-0.15, -0.1) is 5.10 Å². The van der Waals surface area contributed by atoms with Crippen LogP contribution in [0.1, 0.15) is 5.56 Å². The third-order valence-corrected chi connectivity index (χ3v) is 4.56. The first-order valence-corrected chi connectivity index (χ1v) is 8.45. The highest BCUT2D eigenvalue weighted by molar-refractivity contribution is 5.63. The normalized spacial score (nSPS) is 16.4. The molecule has 0 saturated carbocycles. The van der Waals surface area contributed by atoms with Gasteiger partial charge < -0.3 is 19.1 Å². The number of rotatable bonds is 3. The summed E-state index contributed by atoms with van der Waals surface area (Å²) in [6.07, 6.45) is 3.27. The van der Waals surface area contributed by atoms with E-state index in [0.717, 1.165) is 24.4 Å². The Morgan fingerprint density at radius 2 is 1.96 bits per heavy atom. The van der Waals surface area contributed by atoms with Crippen molar-refractivity contribution >= 4 is 11.5 Å². The van der Waals surface area contributed by atoms with E-state index in [9.17, 15) is 4.79 Å². The van der Waals surface area contributed by atoms with Crippen molar-refractivity contribution in [3.05, 3.63) is 46.6 Å². The Bertz CT molecular complexity index is 1020. The molecule has 0 aliphatic carbocycles. The summed E-state index contributed by atoms with van der Waals surface area (Å²) in [7, 11) is 0. The third-order valence-electron chi connectivity index (χ3n) is 4.56. The van der Waals surface area contributed by atoms with Gasteiger partial charge in [-0.2, -0.15) is 0 Å². The molecule has 1 fully saturated rings. The zero-order valence-electron chi connectivity index (χ0n) is 14.0. The summed E-state index contributed by atoms with van der Waals surface area (Å²) < 4.78 is 19.1. The fourth-order valence-corrected chi connectivity index (χ4v) is 3.25. The van der Waals surface area contributed by atoms with Gasteiger partial charge in [0, 0.05) is 25.5 Å². The van der Waals surface area contributed by atoms with Crippen LogP contribution in [-0.4, -0.2) is 52.3 Å². The van der Waals surface area contributed by atoms with E-state index in [4.69, 9.17) is 14.2 Å². The van der Waals surface area contributed by atoms with Crippen LogP contribution in [-0.2, 0) is 11.3 Å². The molecule has 4 heterocycles. The highest BCUT2D eigenvalue weighted by atomic mass is 16.7. The van der Waals surface area contributed by atoms with Crippen LogP contribution in [0, 0.1) is 0 Å². The van der Waals surface area contributed by atoms with Gasteiger partial charge >= 0.3 is 5.69 Å². The van der Waals surface area contributed by atoms with E-state index in [1.807, 2.05) is 18.2 Å². The van der Waals surface area contributed by atoms with E-state index in [1.165, 1.54) is 9.08 Å². The average Bonchev–Trinajstić information content (AvgIpc) is 3.27. The first-order valence-electron chi connectivity index (χ1n) is 8.45. The van der Waals surface area contributed by atoms with Gasteiger partial charge in [0.15, 0.2) is 17.3 Å². The summed E-state index contributed by atoms with van der Waals surface area (Å²) in [6, 6.07) is 5.63. The molecular weight excluding hydrogens is 338 g/mol. The molecule has 0 unspecified atom stereocenters. The van der Waals surface area contributed by atoms with Gasteiger partial charge in [-0.1, -0.05) is 6.07 Å². The lowest BCUT2D eigenvalue weighted by atomic mass is 10.2. The molecule has 3 aromatic rings. The summed E-state index contributed by atoms with van der Waals surface area (Å²) in [5.74, 6) is 2.11. The smallest absolute Gasteiger partial charge is 0.350 e. The van der Waals surface area contributed by atoms with Crippen LogP contribution in [0.2, 0.25) is 0 Å². The van der Waals surface area contributed by atoms with E-state index in [2.05, 4.69) is 15.0 Å². The van der Waals surface area contributed by atoms with Crippen LogP contribution in [0.4, 0.5) is 5.82 Å². The monoisotopic (exact) mass is 355 g/mol. The van der Waals surface area contributed by atoms with Crippen LogP contribution in [0.5, 0.6) is 11.5 Å².